The normalized spacial score (nSPS) is 16.3. The van der Waals surface area contributed by atoms with Gasteiger partial charge in [-0.3, -0.25) is 19.0 Å². The molecule has 1 atom stereocenters. The van der Waals surface area contributed by atoms with Crippen LogP contribution in [0.4, 0.5) is 17.2 Å². The van der Waals surface area contributed by atoms with Crippen molar-refractivity contribution in [3.63, 3.8) is 0 Å². The minimum atomic E-state index is -2.71. The van der Waals surface area contributed by atoms with Crippen molar-refractivity contribution in [2.45, 2.75) is 46.6 Å². The predicted octanol–water partition coefficient (Wildman–Crippen LogP) is 3.19. The summed E-state index contributed by atoms with van der Waals surface area (Å²) in [5.74, 6) is -0.926. The number of aromatic nitrogens is 4. The zero-order chi connectivity index (χ0) is 27.3. The van der Waals surface area contributed by atoms with Crippen molar-refractivity contribution < 1.29 is 13.7 Å². The van der Waals surface area contributed by atoms with Gasteiger partial charge < -0.3 is 20.5 Å². The highest BCUT2D eigenvalue weighted by Gasteiger charge is 2.30. The first kappa shape index (κ1) is 19.7. The van der Waals surface area contributed by atoms with Gasteiger partial charge in [-0.1, -0.05) is 20.8 Å². The van der Waals surface area contributed by atoms with Gasteiger partial charge in [-0.15, -0.1) is 0 Å². The van der Waals surface area contributed by atoms with Crippen molar-refractivity contribution in [2.75, 3.05) is 17.6 Å². The number of carbonyl (C=O) groups is 2. The van der Waals surface area contributed by atoms with Crippen LogP contribution in [0.5, 0.6) is 0 Å². The molecular weight excluding hydrogens is 434 g/mol. The van der Waals surface area contributed by atoms with E-state index in [1.54, 1.807) is 22.4 Å². The topological polar surface area (TPSA) is 123 Å². The number of hydrogen-bond acceptors (Lipinski definition) is 6. The van der Waals surface area contributed by atoms with Gasteiger partial charge in [-0.2, -0.15) is 0 Å². The van der Waals surface area contributed by atoms with Crippen LogP contribution in [0.3, 0.4) is 0 Å². The van der Waals surface area contributed by atoms with Crippen LogP contribution in [-0.2, 0) is 11.8 Å². The average molecular weight is 469 g/mol. The van der Waals surface area contributed by atoms with Crippen LogP contribution in [-0.4, -0.2) is 37.9 Å². The van der Waals surface area contributed by atoms with Crippen molar-refractivity contribution in [3.8, 4) is 0 Å². The SMILES string of the molecule is [2H]C([2H])([2H])NC(=O)c1cnc(NC(=O)C2CC2)cc1Nc1cn(C)c2ncn([C@@H](C)C(C)(C)C)c(=O)c12. The van der Waals surface area contributed by atoms with Crippen molar-refractivity contribution in [1.29, 1.82) is 0 Å². The molecule has 3 N–H and O–H groups in total. The lowest BCUT2D eigenvalue weighted by molar-refractivity contribution is -0.117. The summed E-state index contributed by atoms with van der Waals surface area (Å²) in [5, 5.41) is 8.08. The van der Waals surface area contributed by atoms with Gasteiger partial charge >= 0.3 is 0 Å². The minimum absolute atomic E-state index is 0.0650. The van der Waals surface area contributed by atoms with E-state index in [9.17, 15) is 14.4 Å². The van der Waals surface area contributed by atoms with Crippen LogP contribution in [0.2, 0.25) is 0 Å². The molecule has 1 aliphatic rings. The van der Waals surface area contributed by atoms with E-state index in [1.165, 1.54) is 18.6 Å². The second kappa shape index (κ2) is 8.58. The Morgan fingerprint density at radius 1 is 1.24 bits per heavy atom. The third-order valence-electron chi connectivity index (χ3n) is 6.30. The molecule has 2 amide bonds. The second-order valence-electron chi connectivity index (χ2n) is 9.81. The average Bonchev–Trinajstić information content (AvgIpc) is 3.57. The van der Waals surface area contributed by atoms with Gasteiger partial charge in [0.05, 0.1) is 16.9 Å². The molecule has 34 heavy (non-hydrogen) atoms. The second-order valence-corrected chi connectivity index (χ2v) is 9.81. The summed E-state index contributed by atoms with van der Waals surface area (Å²) in [6, 6.07) is 1.29. The van der Waals surface area contributed by atoms with Crippen LogP contribution in [0.25, 0.3) is 11.0 Å². The number of carbonyl (C=O) groups excluding carboxylic acids is 2. The number of amides is 2. The molecule has 1 fully saturated rings. The smallest absolute Gasteiger partial charge is 0.265 e. The number of aryl methyl sites for hydroxylation is 1. The third-order valence-corrected chi connectivity index (χ3v) is 6.30. The van der Waals surface area contributed by atoms with E-state index >= 15 is 0 Å². The Morgan fingerprint density at radius 3 is 2.62 bits per heavy atom. The highest BCUT2D eigenvalue weighted by Crippen LogP contribution is 2.33. The Hall–Kier alpha value is -3.69. The maximum Gasteiger partial charge on any atom is 0.265 e. The summed E-state index contributed by atoms with van der Waals surface area (Å²) >= 11 is 0. The highest BCUT2D eigenvalue weighted by atomic mass is 16.2. The lowest BCUT2D eigenvalue weighted by Crippen LogP contribution is -2.31. The summed E-state index contributed by atoms with van der Waals surface area (Å²) in [5.41, 5.74) is 0.454. The maximum atomic E-state index is 13.6. The van der Waals surface area contributed by atoms with Gasteiger partial charge in [0.2, 0.25) is 5.91 Å². The Morgan fingerprint density at radius 2 is 1.97 bits per heavy atom. The van der Waals surface area contributed by atoms with Crippen molar-refractivity contribution >= 4 is 40.0 Å². The molecule has 0 radical (unpaired) electrons. The number of pyridine rings is 1. The van der Waals surface area contributed by atoms with Crippen LogP contribution in [0.1, 0.15) is 61.0 Å². The molecule has 10 nitrogen and oxygen atoms in total. The van der Waals surface area contributed by atoms with Crippen LogP contribution in [0.15, 0.2) is 29.6 Å². The van der Waals surface area contributed by atoms with Crippen molar-refractivity contribution in [1.82, 2.24) is 24.4 Å². The number of fused-ring (bicyclic) bond motifs is 1. The number of rotatable bonds is 6. The molecule has 1 saturated carbocycles. The maximum absolute atomic E-state index is 13.6. The van der Waals surface area contributed by atoms with Gasteiger partial charge in [-0.25, -0.2) is 9.97 Å². The lowest BCUT2D eigenvalue weighted by atomic mass is 9.88. The molecule has 0 aliphatic heterocycles. The summed E-state index contributed by atoms with van der Waals surface area (Å²) in [4.78, 5) is 47.3. The molecule has 0 saturated heterocycles. The van der Waals surface area contributed by atoms with Gasteiger partial charge in [0.1, 0.15) is 23.2 Å². The first-order valence-electron chi connectivity index (χ1n) is 12.6. The van der Waals surface area contributed by atoms with Gasteiger partial charge in [-0.05, 0) is 25.2 Å². The number of nitrogens with zero attached hydrogens (tertiary/aromatic N) is 4. The Labute approximate surface area is 202 Å². The quantitative estimate of drug-likeness (QED) is 0.511. The van der Waals surface area contributed by atoms with Crippen LogP contribution >= 0.6 is 0 Å². The van der Waals surface area contributed by atoms with E-state index in [-0.39, 0.29) is 45.9 Å². The summed E-state index contributed by atoms with van der Waals surface area (Å²) in [7, 11) is 1.74. The molecule has 1 aliphatic carbocycles. The first-order chi connectivity index (χ1) is 17.2. The molecule has 3 aromatic heterocycles. The largest absolute Gasteiger partial charge is 0.355 e. The van der Waals surface area contributed by atoms with Gasteiger partial charge in [0, 0.05) is 48.6 Å². The molecule has 0 aromatic carbocycles. The third kappa shape index (κ3) is 4.40. The first-order valence-corrected chi connectivity index (χ1v) is 11.1. The Kier molecular flexibility index (Phi) is 4.99. The summed E-state index contributed by atoms with van der Waals surface area (Å²) in [6.45, 7) is 5.32. The van der Waals surface area contributed by atoms with E-state index in [0.717, 1.165) is 12.8 Å². The highest BCUT2D eigenvalue weighted by molar-refractivity contribution is 6.03. The predicted molar refractivity (Wildman–Crippen MR) is 131 cm³/mol. The van der Waals surface area contributed by atoms with Gasteiger partial charge in [0.15, 0.2) is 0 Å². The van der Waals surface area contributed by atoms with Crippen LogP contribution in [0, 0.1) is 11.3 Å². The van der Waals surface area contributed by atoms with E-state index in [1.807, 2.05) is 33.0 Å². The van der Waals surface area contributed by atoms with E-state index in [2.05, 4.69) is 20.6 Å². The monoisotopic (exact) mass is 468 g/mol. The molecular formula is C24H31N7O3. The standard InChI is InChI=1S/C24H31N7O3/c1-13(24(2,3)4)31-12-27-20-19(23(31)34)17(11-30(20)6)28-16-9-18(29-21(32)14-7-8-14)26-10-15(16)22(33)25-5/h9-14H,7-8H2,1-6H3,(H,25,33)(H2,26,28,29,32)/t13-/m0/s1/i5D3. The lowest BCUT2D eigenvalue weighted by Gasteiger charge is -2.28. The Balaban J connectivity index is 1.80. The fraction of sp³-hybridized carbons (Fsp3) is 0.458. The molecule has 3 heterocycles. The molecule has 0 unspecified atom stereocenters. The molecule has 180 valence electrons. The van der Waals surface area contributed by atoms with Crippen molar-refractivity contribution in [2.24, 2.45) is 18.4 Å². The fourth-order valence-electron chi connectivity index (χ4n) is 3.66. The van der Waals surface area contributed by atoms with Crippen molar-refractivity contribution in [3.05, 3.63) is 40.7 Å². The molecule has 3 aromatic rings. The number of anilines is 3. The zero-order valence-electron chi connectivity index (χ0n) is 22.9. The van der Waals surface area contributed by atoms with E-state index in [0.29, 0.717) is 16.7 Å². The summed E-state index contributed by atoms with van der Waals surface area (Å²) in [6.07, 6.45) is 5.99. The molecule has 10 heteroatoms. The number of hydrogen-bond donors (Lipinski definition) is 3. The fourth-order valence-corrected chi connectivity index (χ4v) is 3.66. The Bertz CT molecular complexity index is 1430. The van der Waals surface area contributed by atoms with Crippen LogP contribution < -0.4 is 21.5 Å². The zero-order valence-corrected chi connectivity index (χ0v) is 19.9. The number of nitrogens with one attached hydrogen (secondary N) is 3. The molecule has 0 bridgehead atoms. The molecule has 4 rings (SSSR count). The molecule has 0 spiro atoms. The van der Waals surface area contributed by atoms with Gasteiger partial charge in [0.25, 0.3) is 11.5 Å². The van der Waals surface area contributed by atoms with E-state index < -0.39 is 12.9 Å². The summed E-state index contributed by atoms with van der Waals surface area (Å²) < 4.78 is 25.4. The van der Waals surface area contributed by atoms with E-state index in [4.69, 9.17) is 4.11 Å². The minimum Gasteiger partial charge on any atom is -0.355 e.